The van der Waals surface area contributed by atoms with Crippen LogP contribution in [0.4, 0.5) is 4.39 Å². The topological polar surface area (TPSA) is 31.6 Å². The lowest BCUT2D eigenvalue weighted by Crippen LogP contribution is -1.93. The van der Waals surface area contributed by atoms with E-state index < -0.39 is 5.82 Å². The highest BCUT2D eigenvalue weighted by atomic mass is 19.1. The van der Waals surface area contributed by atoms with Crippen LogP contribution in [0.3, 0.4) is 0 Å². The summed E-state index contributed by atoms with van der Waals surface area (Å²) in [6, 6.07) is 6.43. The number of rotatable bonds is 3. The molecule has 16 heavy (non-hydrogen) atoms. The van der Waals surface area contributed by atoms with Crippen LogP contribution in [0.1, 0.15) is 0 Å². The molecule has 1 aromatic heterocycles. The van der Waals surface area contributed by atoms with Crippen LogP contribution in [0.2, 0.25) is 0 Å². The Labute approximate surface area is 92.4 Å². The highest BCUT2D eigenvalue weighted by Crippen LogP contribution is 2.33. The Morgan fingerprint density at radius 1 is 1.19 bits per heavy atom. The minimum atomic E-state index is -0.460. The van der Waals surface area contributed by atoms with Crippen LogP contribution in [0.5, 0.6) is 11.5 Å². The van der Waals surface area contributed by atoms with Gasteiger partial charge in [0.15, 0.2) is 11.6 Å². The number of hydrogen-bond donors (Lipinski definition) is 0. The number of ether oxygens (including phenoxy) is 2. The molecule has 0 radical (unpaired) electrons. The molecule has 0 amide bonds. The second kappa shape index (κ2) is 4.26. The van der Waals surface area contributed by atoms with Crippen molar-refractivity contribution >= 4 is 0 Å². The van der Waals surface area contributed by atoms with Crippen LogP contribution >= 0.6 is 0 Å². The second-order valence-electron chi connectivity index (χ2n) is 3.17. The van der Waals surface area contributed by atoms with Crippen molar-refractivity contribution in [3.8, 4) is 22.8 Å². The summed E-state index contributed by atoms with van der Waals surface area (Å²) in [6.45, 7) is 0. The Kier molecular flexibility index (Phi) is 2.81. The van der Waals surface area contributed by atoms with Gasteiger partial charge >= 0.3 is 0 Å². The summed E-state index contributed by atoms with van der Waals surface area (Å²) in [5, 5.41) is 0. The fourth-order valence-electron chi connectivity index (χ4n) is 1.45. The van der Waals surface area contributed by atoms with Crippen molar-refractivity contribution in [3.63, 3.8) is 0 Å². The molecule has 0 atom stereocenters. The number of furan rings is 1. The van der Waals surface area contributed by atoms with Crippen molar-refractivity contribution in [2.24, 2.45) is 0 Å². The molecule has 0 N–H and O–H groups in total. The number of methoxy groups -OCH3 is 2. The molecular formula is C12H11FO3. The lowest BCUT2D eigenvalue weighted by atomic mass is 10.1. The average Bonchev–Trinajstić information content (AvgIpc) is 2.83. The molecule has 0 saturated heterocycles. The van der Waals surface area contributed by atoms with E-state index in [-0.39, 0.29) is 5.75 Å². The van der Waals surface area contributed by atoms with Gasteiger partial charge in [-0.2, -0.15) is 0 Å². The second-order valence-corrected chi connectivity index (χ2v) is 3.17. The summed E-state index contributed by atoms with van der Waals surface area (Å²) >= 11 is 0. The first kappa shape index (κ1) is 10.5. The van der Waals surface area contributed by atoms with Gasteiger partial charge in [-0.25, -0.2) is 4.39 Å². The summed E-state index contributed by atoms with van der Waals surface area (Å²) in [7, 11) is 2.92. The van der Waals surface area contributed by atoms with Crippen molar-refractivity contribution in [2.75, 3.05) is 14.2 Å². The van der Waals surface area contributed by atoms with E-state index in [2.05, 4.69) is 0 Å². The van der Waals surface area contributed by atoms with Crippen LogP contribution in [-0.2, 0) is 0 Å². The Bertz CT molecular complexity index is 477. The number of benzene rings is 1. The van der Waals surface area contributed by atoms with E-state index in [1.54, 1.807) is 18.2 Å². The van der Waals surface area contributed by atoms with Crippen molar-refractivity contribution in [3.05, 3.63) is 36.3 Å². The fraction of sp³-hybridized carbons (Fsp3) is 0.167. The Hall–Kier alpha value is -1.97. The third-order valence-electron chi connectivity index (χ3n) is 2.25. The minimum absolute atomic E-state index is 0.130. The molecule has 3 nitrogen and oxygen atoms in total. The van der Waals surface area contributed by atoms with Gasteiger partial charge in [0, 0.05) is 6.07 Å². The Morgan fingerprint density at radius 3 is 2.56 bits per heavy atom. The maximum Gasteiger partial charge on any atom is 0.176 e. The molecule has 1 aromatic carbocycles. The molecular weight excluding hydrogens is 211 g/mol. The first-order valence-corrected chi connectivity index (χ1v) is 4.71. The summed E-state index contributed by atoms with van der Waals surface area (Å²) in [6.07, 6.45) is 1.49. The molecule has 0 saturated carbocycles. The first-order valence-electron chi connectivity index (χ1n) is 4.71. The van der Waals surface area contributed by atoms with Crippen LogP contribution in [0.25, 0.3) is 11.3 Å². The van der Waals surface area contributed by atoms with E-state index in [1.165, 1.54) is 26.5 Å². The van der Waals surface area contributed by atoms with Gasteiger partial charge in [0.05, 0.1) is 26.0 Å². The van der Waals surface area contributed by atoms with Gasteiger partial charge in [-0.1, -0.05) is 0 Å². The van der Waals surface area contributed by atoms with E-state index in [1.807, 2.05) is 0 Å². The molecule has 0 aliphatic rings. The molecule has 2 aromatic rings. The van der Waals surface area contributed by atoms with E-state index in [4.69, 9.17) is 13.9 Å². The first-order chi connectivity index (χ1) is 7.76. The van der Waals surface area contributed by atoms with Crippen molar-refractivity contribution < 1.29 is 18.3 Å². The van der Waals surface area contributed by atoms with Gasteiger partial charge in [0.2, 0.25) is 0 Å². The third kappa shape index (κ3) is 1.74. The fourth-order valence-corrected chi connectivity index (χ4v) is 1.45. The zero-order valence-corrected chi connectivity index (χ0v) is 8.99. The van der Waals surface area contributed by atoms with Gasteiger partial charge in [-0.05, 0) is 18.2 Å². The summed E-state index contributed by atoms with van der Waals surface area (Å²) < 4.78 is 29.1. The van der Waals surface area contributed by atoms with Gasteiger partial charge < -0.3 is 13.9 Å². The van der Waals surface area contributed by atoms with E-state index in [0.29, 0.717) is 17.1 Å². The van der Waals surface area contributed by atoms with Crippen LogP contribution in [-0.4, -0.2) is 14.2 Å². The van der Waals surface area contributed by atoms with Gasteiger partial charge in [-0.15, -0.1) is 0 Å². The standard InChI is InChI=1S/C12H11FO3/c1-14-8-6-9(10-4-3-5-16-10)12(13)11(7-8)15-2/h3-7H,1-2H3. The molecule has 0 aliphatic carbocycles. The predicted octanol–water partition coefficient (Wildman–Crippen LogP) is 3.10. The monoisotopic (exact) mass is 222 g/mol. The highest BCUT2D eigenvalue weighted by molar-refractivity contribution is 5.63. The lowest BCUT2D eigenvalue weighted by molar-refractivity contribution is 0.374. The normalized spacial score (nSPS) is 10.2. The van der Waals surface area contributed by atoms with Crippen molar-refractivity contribution in [2.45, 2.75) is 0 Å². The van der Waals surface area contributed by atoms with E-state index in [0.717, 1.165) is 0 Å². The van der Waals surface area contributed by atoms with Gasteiger partial charge in [-0.3, -0.25) is 0 Å². The molecule has 1 heterocycles. The van der Waals surface area contributed by atoms with Gasteiger partial charge in [0.1, 0.15) is 11.5 Å². The van der Waals surface area contributed by atoms with Crippen LogP contribution in [0, 0.1) is 5.82 Å². The smallest absolute Gasteiger partial charge is 0.176 e. The Balaban J connectivity index is 2.59. The third-order valence-corrected chi connectivity index (χ3v) is 2.25. The molecule has 0 fully saturated rings. The summed E-state index contributed by atoms with van der Waals surface area (Å²) in [5.74, 6) is 0.628. The molecule has 2 rings (SSSR count). The van der Waals surface area contributed by atoms with Crippen molar-refractivity contribution in [1.82, 2.24) is 0 Å². The summed E-state index contributed by atoms with van der Waals surface area (Å²) in [5.41, 5.74) is 0.321. The zero-order chi connectivity index (χ0) is 11.5. The minimum Gasteiger partial charge on any atom is -0.497 e. The largest absolute Gasteiger partial charge is 0.497 e. The SMILES string of the molecule is COc1cc(OC)c(F)c(-c2ccco2)c1. The lowest BCUT2D eigenvalue weighted by Gasteiger charge is -2.08. The summed E-state index contributed by atoms with van der Waals surface area (Å²) in [4.78, 5) is 0. The maximum absolute atomic E-state index is 13.9. The average molecular weight is 222 g/mol. The Morgan fingerprint density at radius 2 is 2.00 bits per heavy atom. The molecule has 4 heteroatoms. The molecule has 0 spiro atoms. The van der Waals surface area contributed by atoms with E-state index in [9.17, 15) is 4.39 Å². The molecule has 0 unspecified atom stereocenters. The molecule has 0 aliphatic heterocycles. The number of hydrogen-bond acceptors (Lipinski definition) is 3. The van der Waals surface area contributed by atoms with Gasteiger partial charge in [0.25, 0.3) is 0 Å². The molecule has 0 bridgehead atoms. The van der Waals surface area contributed by atoms with E-state index >= 15 is 0 Å². The predicted molar refractivity (Wildman–Crippen MR) is 57.2 cm³/mol. The van der Waals surface area contributed by atoms with Crippen LogP contribution in [0.15, 0.2) is 34.9 Å². The van der Waals surface area contributed by atoms with Crippen molar-refractivity contribution in [1.29, 1.82) is 0 Å². The van der Waals surface area contributed by atoms with Crippen LogP contribution < -0.4 is 9.47 Å². The molecule has 84 valence electrons. The zero-order valence-electron chi connectivity index (χ0n) is 8.99. The highest BCUT2D eigenvalue weighted by Gasteiger charge is 2.15. The number of halogens is 1. The maximum atomic E-state index is 13.9. The quantitative estimate of drug-likeness (QED) is 0.799.